The maximum absolute atomic E-state index is 14.9. The van der Waals surface area contributed by atoms with Crippen LogP contribution in [0, 0.1) is 6.92 Å². The number of aryl methyl sites for hydroxylation is 1. The monoisotopic (exact) mass is 567 g/mol. The fourth-order valence-electron chi connectivity index (χ4n) is 5.78. The van der Waals surface area contributed by atoms with E-state index in [-0.39, 0.29) is 34.7 Å². The number of carbonyl (C=O) groups is 2. The number of carbonyl (C=O) groups excluding carboxylic acids is 2. The van der Waals surface area contributed by atoms with Gasteiger partial charge >= 0.3 is 0 Å². The van der Waals surface area contributed by atoms with Crippen molar-refractivity contribution in [2.75, 3.05) is 9.80 Å². The zero-order valence-electron chi connectivity index (χ0n) is 21.0. The van der Waals surface area contributed by atoms with E-state index in [0.717, 1.165) is 5.56 Å². The number of fused-ring (bicyclic) bond motifs is 5. The zero-order chi connectivity index (χ0) is 27.8. The predicted molar refractivity (Wildman–Crippen MR) is 153 cm³/mol. The number of benzene rings is 3. The molecule has 0 radical (unpaired) electrons. The van der Waals surface area contributed by atoms with Gasteiger partial charge < -0.3 is 9.32 Å². The lowest BCUT2D eigenvalue weighted by atomic mass is 9.84. The molecule has 0 saturated carbocycles. The molecular weight excluding hydrogens is 549 g/mol. The Bertz CT molecular complexity index is 1970. The number of aromatic nitrogens is 1. The first-order valence-corrected chi connectivity index (χ1v) is 13.3. The van der Waals surface area contributed by atoms with Crippen molar-refractivity contribution in [2.45, 2.75) is 19.0 Å². The molecule has 0 fully saturated rings. The van der Waals surface area contributed by atoms with Gasteiger partial charge in [-0.05, 0) is 60.5 Å². The third-order valence-corrected chi connectivity index (χ3v) is 8.11. The van der Waals surface area contributed by atoms with Gasteiger partial charge in [-0.25, -0.2) is 4.98 Å². The summed E-state index contributed by atoms with van der Waals surface area (Å²) < 4.78 is 6.09. The fraction of sp³-hybridized carbons (Fsp3) is 0.0968. The number of amides is 2. The Kier molecular flexibility index (Phi) is 5.39. The number of hydrogen-bond acceptors (Lipinski definition) is 5. The molecule has 40 heavy (non-hydrogen) atoms. The lowest BCUT2D eigenvalue weighted by Crippen LogP contribution is -2.54. The van der Waals surface area contributed by atoms with E-state index in [4.69, 9.17) is 27.6 Å². The Hall–Kier alpha value is -4.46. The lowest BCUT2D eigenvalue weighted by molar-refractivity contribution is -0.121. The van der Waals surface area contributed by atoms with Gasteiger partial charge in [-0.1, -0.05) is 59.6 Å². The van der Waals surface area contributed by atoms with Crippen LogP contribution < -0.4 is 15.2 Å². The predicted octanol–water partition coefficient (Wildman–Crippen LogP) is 6.25. The molecule has 196 valence electrons. The molecule has 4 heterocycles. The van der Waals surface area contributed by atoms with Crippen LogP contribution in [0.25, 0.3) is 11.0 Å². The summed E-state index contributed by atoms with van der Waals surface area (Å²) in [6.45, 7) is 1.99. The van der Waals surface area contributed by atoms with Crippen molar-refractivity contribution in [1.82, 2.24) is 4.98 Å². The number of rotatable bonds is 3. The summed E-state index contributed by atoms with van der Waals surface area (Å²) in [5.41, 5.74) is 0.329. The molecule has 7 rings (SSSR count). The van der Waals surface area contributed by atoms with Crippen LogP contribution in [0.15, 0.2) is 94.3 Å². The summed E-state index contributed by atoms with van der Waals surface area (Å²) in [5.74, 6) is -1.10. The molecule has 0 N–H and O–H groups in total. The van der Waals surface area contributed by atoms with Crippen molar-refractivity contribution in [3.8, 4) is 0 Å². The summed E-state index contributed by atoms with van der Waals surface area (Å²) in [7, 11) is 0. The number of pyridine rings is 1. The Balaban J connectivity index is 1.58. The van der Waals surface area contributed by atoms with Crippen LogP contribution in [0.3, 0.4) is 0 Å². The highest BCUT2D eigenvalue weighted by atomic mass is 35.5. The molecular formula is C31H19Cl2N3O4. The molecule has 9 heteroatoms. The first-order valence-electron chi connectivity index (χ1n) is 12.5. The molecule has 1 atom stereocenters. The molecule has 2 aliphatic rings. The van der Waals surface area contributed by atoms with Crippen molar-refractivity contribution in [3.63, 3.8) is 0 Å². The highest BCUT2D eigenvalue weighted by Crippen LogP contribution is 2.54. The molecule has 7 nitrogen and oxygen atoms in total. The maximum Gasteiger partial charge on any atom is 0.297 e. The highest BCUT2D eigenvalue weighted by molar-refractivity contribution is 6.32. The van der Waals surface area contributed by atoms with Gasteiger partial charge in [0.25, 0.3) is 11.8 Å². The first kappa shape index (κ1) is 24.6. The van der Waals surface area contributed by atoms with E-state index in [0.29, 0.717) is 26.9 Å². The highest BCUT2D eigenvalue weighted by Gasteiger charge is 2.66. The zero-order valence-corrected chi connectivity index (χ0v) is 22.5. The Morgan fingerprint density at radius 2 is 1.70 bits per heavy atom. The number of nitrogens with zero attached hydrogens (tertiary/aromatic N) is 3. The van der Waals surface area contributed by atoms with Gasteiger partial charge in [0, 0.05) is 21.8 Å². The van der Waals surface area contributed by atoms with Crippen molar-refractivity contribution < 1.29 is 14.0 Å². The fourth-order valence-corrected chi connectivity index (χ4v) is 6.14. The van der Waals surface area contributed by atoms with Crippen LogP contribution in [-0.2, 0) is 16.9 Å². The summed E-state index contributed by atoms with van der Waals surface area (Å²) >= 11 is 12.7. The molecule has 2 aromatic heterocycles. The average molecular weight is 568 g/mol. The largest absolute Gasteiger partial charge is 0.450 e. The maximum atomic E-state index is 14.9. The Morgan fingerprint density at radius 3 is 2.50 bits per heavy atom. The van der Waals surface area contributed by atoms with Crippen molar-refractivity contribution in [3.05, 3.63) is 133 Å². The summed E-state index contributed by atoms with van der Waals surface area (Å²) in [5, 5.41) is 0.995. The van der Waals surface area contributed by atoms with Gasteiger partial charge in [0.1, 0.15) is 11.4 Å². The van der Waals surface area contributed by atoms with E-state index in [1.54, 1.807) is 65.7 Å². The van der Waals surface area contributed by atoms with E-state index >= 15 is 0 Å². The second-order valence-electron chi connectivity index (χ2n) is 9.82. The van der Waals surface area contributed by atoms with Crippen molar-refractivity contribution >= 4 is 57.5 Å². The van der Waals surface area contributed by atoms with Gasteiger partial charge in [-0.15, -0.1) is 0 Å². The van der Waals surface area contributed by atoms with E-state index in [9.17, 15) is 14.4 Å². The number of hydrogen-bond donors (Lipinski definition) is 0. The summed E-state index contributed by atoms with van der Waals surface area (Å²) in [6.07, 6.45) is 1.56. The minimum atomic E-state index is -1.86. The van der Waals surface area contributed by atoms with Gasteiger partial charge in [0.15, 0.2) is 11.0 Å². The smallest absolute Gasteiger partial charge is 0.297 e. The SMILES string of the molecule is Cc1ccnc(N2C(=O)c3oc4ccc(Cl)cc4c(=O)c3C23C(=O)N(Cc2ccccc2Cl)c2ccccc23)c1. The van der Waals surface area contributed by atoms with Crippen LogP contribution >= 0.6 is 23.2 Å². The van der Waals surface area contributed by atoms with Crippen molar-refractivity contribution in [2.24, 2.45) is 0 Å². The molecule has 0 bridgehead atoms. The minimum absolute atomic E-state index is 0.0605. The first-order chi connectivity index (χ1) is 19.3. The molecule has 1 unspecified atom stereocenters. The summed E-state index contributed by atoms with van der Waals surface area (Å²) in [4.78, 5) is 50.7. The van der Waals surface area contributed by atoms with Crippen LogP contribution in [0.5, 0.6) is 0 Å². The molecule has 1 spiro atoms. The number of para-hydroxylation sites is 1. The third-order valence-electron chi connectivity index (χ3n) is 7.50. The Labute approximate surface area is 238 Å². The van der Waals surface area contributed by atoms with Crippen LogP contribution in [0.4, 0.5) is 11.5 Å². The quantitative estimate of drug-likeness (QED) is 0.257. The van der Waals surface area contributed by atoms with Crippen LogP contribution in [0.1, 0.15) is 32.8 Å². The van der Waals surface area contributed by atoms with E-state index < -0.39 is 22.8 Å². The van der Waals surface area contributed by atoms with Crippen LogP contribution in [0.2, 0.25) is 10.0 Å². The summed E-state index contributed by atoms with van der Waals surface area (Å²) in [6, 6.07) is 22.5. The molecule has 5 aromatic rings. The van der Waals surface area contributed by atoms with E-state index in [1.165, 1.54) is 11.0 Å². The van der Waals surface area contributed by atoms with Gasteiger partial charge in [-0.2, -0.15) is 0 Å². The molecule has 2 amide bonds. The molecule has 0 aliphatic carbocycles. The van der Waals surface area contributed by atoms with Gasteiger partial charge in [0.05, 0.1) is 23.2 Å². The van der Waals surface area contributed by atoms with E-state index in [1.807, 2.05) is 25.1 Å². The Morgan fingerprint density at radius 1 is 0.925 bits per heavy atom. The normalized spacial score (nSPS) is 17.7. The number of anilines is 2. The van der Waals surface area contributed by atoms with Crippen molar-refractivity contribution in [1.29, 1.82) is 0 Å². The average Bonchev–Trinajstić information content (AvgIpc) is 3.35. The van der Waals surface area contributed by atoms with E-state index in [2.05, 4.69) is 4.98 Å². The molecule has 2 aliphatic heterocycles. The topological polar surface area (TPSA) is 83.7 Å². The number of halogens is 2. The molecule has 3 aromatic carbocycles. The molecule has 0 saturated heterocycles. The second-order valence-corrected chi connectivity index (χ2v) is 10.7. The van der Waals surface area contributed by atoms with Gasteiger partial charge in [0.2, 0.25) is 5.76 Å². The second kappa shape index (κ2) is 8.78. The van der Waals surface area contributed by atoms with Crippen LogP contribution in [-0.4, -0.2) is 16.8 Å². The minimum Gasteiger partial charge on any atom is -0.450 e. The lowest BCUT2D eigenvalue weighted by Gasteiger charge is -2.33. The standard InChI is InChI=1S/C31H19Cl2N3O4/c1-17-12-13-34-25(14-17)36-29(38)28-26(27(37)20-15-19(32)10-11-24(20)40-28)31(36)21-7-3-5-9-23(21)35(30(31)39)16-18-6-2-4-8-22(18)33/h2-15H,16H2,1H3. The third kappa shape index (κ3) is 3.25. The van der Waals surface area contributed by atoms with Gasteiger partial charge in [-0.3, -0.25) is 19.3 Å².